The van der Waals surface area contributed by atoms with Gasteiger partial charge >= 0.3 is 0 Å². The first-order valence-corrected chi connectivity index (χ1v) is 11.6. The molecule has 8 heteroatoms. The highest BCUT2D eigenvalue weighted by atomic mass is 16.5. The minimum absolute atomic E-state index is 0.117. The van der Waals surface area contributed by atoms with Crippen molar-refractivity contribution >= 4 is 29.1 Å². The van der Waals surface area contributed by atoms with E-state index in [0.717, 1.165) is 24.3 Å². The van der Waals surface area contributed by atoms with Crippen LogP contribution in [0.15, 0.2) is 48.5 Å². The van der Waals surface area contributed by atoms with Crippen LogP contribution in [-0.4, -0.2) is 68.6 Å². The maximum Gasteiger partial charge on any atom is 0.251 e. The highest BCUT2D eigenvalue weighted by Crippen LogP contribution is 2.19. The van der Waals surface area contributed by atoms with Crippen molar-refractivity contribution in [2.45, 2.75) is 26.8 Å². The van der Waals surface area contributed by atoms with Gasteiger partial charge in [-0.2, -0.15) is 0 Å². The van der Waals surface area contributed by atoms with Gasteiger partial charge in [0, 0.05) is 37.1 Å². The summed E-state index contributed by atoms with van der Waals surface area (Å²) in [5.41, 5.74) is 3.21. The van der Waals surface area contributed by atoms with Gasteiger partial charge in [0.25, 0.3) is 5.91 Å². The minimum atomic E-state index is -0.737. The van der Waals surface area contributed by atoms with Crippen LogP contribution < -0.4 is 15.5 Å². The number of hydrogen-bond donors (Lipinski definition) is 2. The highest BCUT2D eigenvalue weighted by Gasteiger charge is 2.28. The zero-order chi connectivity index (χ0) is 24.7. The summed E-state index contributed by atoms with van der Waals surface area (Å²) in [6.45, 7) is 8.62. The number of carbonyl (C=O) groups excluding carboxylic acids is 3. The summed E-state index contributed by atoms with van der Waals surface area (Å²) in [6, 6.07) is 14.1. The fourth-order valence-corrected chi connectivity index (χ4v) is 3.83. The van der Waals surface area contributed by atoms with E-state index in [4.69, 9.17) is 4.74 Å². The number of ether oxygens (including phenoxy) is 1. The number of likely N-dealkylation sites (N-methyl/N-ethyl adjacent to an activating group) is 1. The van der Waals surface area contributed by atoms with Crippen molar-refractivity contribution in [1.82, 2.24) is 10.2 Å². The number of morpholine rings is 1. The van der Waals surface area contributed by atoms with Gasteiger partial charge in [-0.25, -0.2) is 0 Å². The second-order valence-corrected chi connectivity index (χ2v) is 8.95. The molecule has 0 radical (unpaired) electrons. The van der Waals surface area contributed by atoms with Gasteiger partial charge in [-0.05, 0) is 49.2 Å². The van der Waals surface area contributed by atoms with Gasteiger partial charge in [-0.15, -0.1) is 0 Å². The molecule has 0 unspecified atom stereocenters. The van der Waals surface area contributed by atoms with E-state index in [0.29, 0.717) is 24.5 Å². The third-order valence-corrected chi connectivity index (χ3v) is 5.78. The number of rotatable bonds is 8. The predicted octanol–water partition coefficient (Wildman–Crippen LogP) is 2.68. The second-order valence-electron chi connectivity index (χ2n) is 8.95. The number of nitrogens with one attached hydrogen (secondary N) is 2. The monoisotopic (exact) mass is 466 g/mol. The number of amides is 3. The topological polar surface area (TPSA) is 91.0 Å². The molecule has 0 saturated carbocycles. The summed E-state index contributed by atoms with van der Waals surface area (Å²) in [6.07, 6.45) is 0. The van der Waals surface area contributed by atoms with Crippen LogP contribution in [0.4, 0.5) is 11.4 Å². The average Bonchev–Trinajstić information content (AvgIpc) is 2.82. The summed E-state index contributed by atoms with van der Waals surface area (Å²) in [7, 11) is 1.57. The predicted molar refractivity (Wildman–Crippen MR) is 133 cm³/mol. The van der Waals surface area contributed by atoms with Crippen molar-refractivity contribution < 1.29 is 19.1 Å². The van der Waals surface area contributed by atoms with Crippen molar-refractivity contribution in [2.75, 3.05) is 50.1 Å². The lowest BCUT2D eigenvalue weighted by molar-refractivity contribution is -0.135. The number of carbonyl (C=O) groups is 3. The molecule has 1 aliphatic rings. The highest BCUT2D eigenvalue weighted by molar-refractivity contribution is 5.99. The Morgan fingerprint density at radius 3 is 2.35 bits per heavy atom. The smallest absolute Gasteiger partial charge is 0.251 e. The molecule has 0 aromatic heterocycles. The minimum Gasteiger partial charge on any atom is -0.378 e. The molecule has 3 amide bonds. The van der Waals surface area contributed by atoms with E-state index in [1.54, 1.807) is 25.2 Å². The van der Waals surface area contributed by atoms with Gasteiger partial charge in [0.1, 0.15) is 6.04 Å². The second kappa shape index (κ2) is 11.7. The lowest BCUT2D eigenvalue weighted by Crippen LogP contribution is -2.51. The van der Waals surface area contributed by atoms with E-state index >= 15 is 0 Å². The molecular formula is C26H34N4O4. The van der Waals surface area contributed by atoms with Crippen molar-refractivity contribution in [3.05, 3.63) is 59.7 Å². The molecule has 34 heavy (non-hydrogen) atoms. The molecule has 2 aromatic carbocycles. The van der Waals surface area contributed by atoms with Crippen molar-refractivity contribution in [1.29, 1.82) is 0 Å². The summed E-state index contributed by atoms with van der Waals surface area (Å²) in [4.78, 5) is 41.9. The zero-order valence-electron chi connectivity index (χ0n) is 20.3. The van der Waals surface area contributed by atoms with E-state index in [1.807, 2.05) is 51.1 Å². The molecule has 1 saturated heterocycles. The van der Waals surface area contributed by atoms with Crippen molar-refractivity contribution in [3.63, 3.8) is 0 Å². The zero-order valence-corrected chi connectivity index (χ0v) is 20.3. The molecule has 1 atom stereocenters. The molecule has 1 aliphatic heterocycles. The summed E-state index contributed by atoms with van der Waals surface area (Å²) >= 11 is 0. The fourth-order valence-electron chi connectivity index (χ4n) is 3.83. The van der Waals surface area contributed by atoms with Crippen LogP contribution in [0.5, 0.6) is 0 Å². The number of anilines is 2. The van der Waals surface area contributed by atoms with Gasteiger partial charge in [-0.1, -0.05) is 31.5 Å². The quantitative estimate of drug-likeness (QED) is 0.624. The maximum atomic E-state index is 13.0. The molecule has 0 bridgehead atoms. The van der Waals surface area contributed by atoms with Gasteiger partial charge in [0.15, 0.2) is 0 Å². The summed E-state index contributed by atoms with van der Waals surface area (Å²) in [5.74, 6) is -1.07. The molecule has 2 N–H and O–H groups in total. The van der Waals surface area contributed by atoms with E-state index in [-0.39, 0.29) is 30.2 Å². The fraction of sp³-hybridized carbons (Fsp3) is 0.423. The van der Waals surface area contributed by atoms with Crippen molar-refractivity contribution in [3.8, 4) is 0 Å². The summed E-state index contributed by atoms with van der Waals surface area (Å²) < 4.78 is 5.38. The maximum absolute atomic E-state index is 13.0. The average molecular weight is 467 g/mol. The third-order valence-electron chi connectivity index (χ3n) is 5.78. The van der Waals surface area contributed by atoms with Gasteiger partial charge < -0.3 is 25.2 Å². The van der Waals surface area contributed by atoms with Gasteiger partial charge in [0.05, 0.1) is 19.8 Å². The third kappa shape index (κ3) is 6.81. The molecule has 0 aliphatic carbocycles. The number of benzene rings is 2. The molecule has 1 heterocycles. The molecule has 8 nitrogen and oxygen atoms in total. The molecule has 2 aromatic rings. The van der Waals surface area contributed by atoms with Crippen LogP contribution in [-0.2, 0) is 14.3 Å². The van der Waals surface area contributed by atoms with Gasteiger partial charge in [-0.3, -0.25) is 14.4 Å². The molecular weight excluding hydrogens is 432 g/mol. The first kappa shape index (κ1) is 25.2. The van der Waals surface area contributed by atoms with Crippen LogP contribution in [0.2, 0.25) is 0 Å². The Bertz CT molecular complexity index is 1000. The van der Waals surface area contributed by atoms with Crippen LogP contribution in [0.3, 0.4) is 0 Å². The van der Waals surface area contributed by atoms with E-state index in [1.165, 1.54) is 4.90 Å². The van der Waals surface area contributed by atoms with Crippen LogP contribution >= 0.6 is 0 Å². The largest absolute Gasteiger partial charge is 0.378 e. The number of hydrogen-bond acceptors (Lipinski definition) is 5. The first-order valence-electron chi connectivity index (χ1n) is 11.6. The Hall–Kier alpha value is -3.39. The van der Waals surface area contributed by atoms with E-state index in [2.05, 4.69) is 15.5 Å². The van der Waals surface area contributed by atoms with E-state index < -0.39 is 6.04 Å². The number of nitrogens with zero attached hydrogens (tertiary/aromatic N) is 2. The standard InChI is InChI=1S/C26H34N4O4/c1-18(2)24(28-25(32)20-7-5-6-19(3)16-20)26(33)29(4)17-23(31)27-21-8-10-22(11-9-21)30-12-14-34-15-13-30/h5-11,16,18,24H,12-15,17H2,1-4H3,(H,27,31)(H,28,32)/t24-/m0/s1. The lowest BCUT2D eigenvalue weighted by atomic mass is 10.0. The van der Waals surface area contributed by atoms with Crippen molar-refractivity contribution in [2.24, 2.45) is 5.92 Å². The van der Waals surface area contributed by atoms with Crippen LogP contribution in [0.1, 0.15) is 29.8 Å². The first-order chi connectivity index (χ1) is 16.2. The molecule has 3 rings (SSSR count). The SMILES string of the molecule is Cc1cccc(C(=O)N[C@H](C(=O)N(C)CC(=O)Nc2ccc(N3CCOCC3)cc2)C(C)C)c1. The Kier molecular flexibility index (Phi) is 8.65. The Labute approximate surface area is 201 Å². The Morgan fingerprint density at radius 2 is 1.74 bits per heavy atom. The number of aryl methyl sites for hydroxylation is 1. The molecule has 1 fully saturated rings. The summed E-state index contributed by atoms with van der Waals surface area (Å²) in [5, 5.41) is 5.66. The Balaban J connectivity index is 1.55. The lowest BCUT2D eigenvalue weighted by Gasteiger charge is -2.29. The van der Waals surface area contributed by atoms with Gasteiger partial charge in [0.2, 0.25) is 11.8 Å². The Morgan fingerprint density at radius 1 is 1.06 bits per heavy atom. The normalized spacial score (nSPS) is 14.4. The molecule has 182 valence electrons. The van der Waals surface area contributed by atoms with Crippen LogP contribution in [0, 0.1) is 12.8 Å². The van der Waals surface area contributed by atoms with E-state index in [9.17, 15) is 14.4 Å². The molecule has 0 spiro atoms. The van der Waals surface area contributed by atoms with Crippen LogP contribution in [0.25, 0.3) is 0 Å².